The largest absolute Gasteiger partial charge is 0.481 e. The Morgan fingerprint density at radius 1 is 1.16 bits per heavy atom. The first-order valence-corrected chi connectivity index (χ1v) is 12.3. The molecule has 12 heteroatoms. The molecule has 2 aliphatic heterocycles. The fourth-order valence-electron chi connectivity index (χ4n) is 6.64. The van der Waals surface area contributed by atoms with E-state index < -0.39 is 53.2 Å². The van der Waals surface area contributed by atoms with E-state index in [1.165, 1.54) is 6.08 Å². The molecule has 0 amide bonds. The van der Waals surface area contributed by atoms with Crippen LogP contribution < -0.4 is 4.74 Å². The van der Waals surface area contributed by atoms with Crippen molar-refractivity contribution in [2.45, 2.75) is 75.1 Å². The van der Waals surface area contributed by atoms with Gasteiger partial charge < -0.3 is 39.2 Å². The van der Waals surface area contributed by atoms with Crippen LogP contribution in [0.3, 0.4) is 0 Å². The third kappa shape index (κ3) is 3.62. The number of aliphatic carboxylic acids is 1. The predicted molar refractivity (Wildman–Crippen MR) is 126 cm³/mol. The molecule has 6 atom stereocenters. The molecule has 12 nitrogen and oxygen atoms in total. The van der Waals surface area contributed by atoms with Gasteiger partial charge in [-0.2, -0.15) is 0 Å². The minimum absolute atomic E-state index is 0.0139. The summed E-state index contributed by atoms with van der Waals surface area (Å²) in [5.41, 5.74) is -0.00318. The lowest BCUT2D eigenvalue weighted by molar-refractivity contribution is -0.190. The number of rotatable bonds is 7. The molecule has 5 rings (SSSR count). The molecule has 38 heavy (non-hydrogen) atoms. The molecule has 2 bridgehead atoms. The van der Waals surface area contributed by atoms with Crippen LogP contribution in [0.15, 0.2) is 24.0 Å². The lowest BCUT2D eigenvalue weighted by atomic mass is 9.50. The molecule has 2 aliphatic carbocycles. The van der Waals surface area contributed by atoms with Gasteiger partial charge in [-0.25, -0.2) is 9.59 Å². The molecular weight excluding hydrogens is 502 g/mol. The summed E-state index contributed by atoms with van der Waals surface area (Å²) in [5.74, 6) is -4.52. The minimum Gasteiger partial charge on any atom is -0.481 e. The highest BCUT2D eigenvalue weighted by molar-refractivity contribution is 5.88. The van der Waals surface area contributed by atoms with Crippen LogP contribution in [0.1, 0.15) is 43.4 Å². The highest BCUT2D eigenvalue weighted by atomic mass is 16.6. The maximum absolute atomic E-state index is 13.3. The number of carbonyl (C=O) groups excluding carboxylic acids is 3. The van der Waals surface area contributed by atoms with E-state index >= 15 is 0 Å². The zero-order valence-electron chi connectivity index (χ0n) is 21.1. The van der Waals surface area contributed by atoms with Crippen molar-refractivity contribution in [2.24, 2.45) is 0 Å². The van der Waals surface area contributed by atoms with E-state index in [4.69, 9.17) is 18.9 Å². The third-order valence-electron chi connectivity index (χ3n) is 8.18. The van der Waals surface area contributed by atoms with Crippen LogP contribution in [0.25, 0.3) is 0 Å². The van der Waals surface area contributed by atoms with E-state index in [0.29, 0.717) is 30.7 Å². The van der Waals surface area contributed by atoms with Crippen molar-refractivity contribution in [3.05, 3.63) is 40.7 Å². The fourth-order valence-corrected chi connectivity index (χ4v) is 6.64. The third-order valence-corrected chi connectivity index (χ3v) is 8.18. The normalized spacial score (nSPS) is 30.2. The van der Waals surface area contributed by atoms with E-state index in [9.17, 15) is 34.5 Å². The Balaban J connectivity index is 1.56. The van der Waals surface area contributed by atoms with E-state index in [2.05, 4.69) is 4.90 Å². The summed E-state index contributed by atoms with van der Waals surface area (Å²) in [7, 11) is 1.94. The van der Waals surface area contributed by atoms with Crippen LogP contribution in [-0.4, -0.2) is 87.6 Å². The summed E-state index contributed by atoms with van der Waals surface area (Å²) in [6, 6.07) is 3.44. The van der Waals surface area contributed by atoms with Crippen molar-refractivity contribution in [1.82, 2.24) is 4.90 Å². The Bertz CT molecular complexity index is 1260. The first kappa shape index (κ1) is 26.1. The summed E-state index contributed by atoms with van der Waals surface area (Å²) < 4.78 is 21.7. The minimum atomic E-state index is -2.14. The number of aliphatic hydroxyl groups excluding tert-OH is 1. The first-order valence-electron chi connectivity index (χ1n) is 12.3. The van der Waals surface area contributed by atoms with Crippen molar-refractivity contribution in [3.8, 4) is 5.75 Å². The van der Waals surface area contributed by atoms with Crippen LogP contribution in [0.2, 0.25) is 0 Å². The van der Waals surface area contributed by atoms with Crippen LogP contribution in [0.5, 0.6) is 5.75 Å². The van der Waals surface area contributed by atoms with Crippen molar-refractivity contribution >= 4 is 23.9 Å². The van der Waals surface area contributed by atoms with Crippen LogP contribution in [-0.2, 0) is 51.8 Å². The molecule has 1 spiro atoms. The van der Waals surface area contributed by atoms with Gasteiger partial charge in [-0.05, 0) is 38.1 Å². The van der Waals surface area contributed by atoms with Crippen LogP contribution in [0.4, 0.5) is 0 Å². The Labute approximate surface area is 217 Å². The van der Waals surface area contributed by atoms with Gasteiger partial charge in [-0.15, -0.1) is 0 Å². The molecule has 0 radical (unpaired) electrons. The van der Waals surface area contributed by atoms with Gasteiger partial charge in [-0.3, -0.25) is 9.59 Å². The second-order valence-corrected chi connectivity index (χ2v) is 10.2. The molecule has 0 unspecified atom stereocenters. The molecule has 2 heterocycles. The number of carboxylic acids is 1. The van der Waals surface area contributed by atoms with E-state index in [-0.39, 0.29) is 24.8 Å². The highest BCUT2D eigenvalue weighted by Crippen LogP contribution is 2.64. The Morgan fingerprint density at radius 3 is 2.47 bits per heavy atom. The summed E-state index contributed by atoms with van der Waals surface area (Å²) in [4.78, 5) is 50.3. The summed E-state index contributed by atoms with van der Waals surface area (Å²) in [6.45, 7) is 2.25. The fraction of sp³-hybridized carbons (Fsp3) is 0.538. The van der Waals surface area contributed by atoms with Crippen molar-refractivity contribution < 1.29 is 53.4 Å². The van der Waals surface area contributed by atoms with Crippen molar-refractivity contribution in [1.29, 1.82) is 0 Å². The maximum Gasteiger partial charge on any atom is 0.357 e. The molecule has 1 aromatic rings. The van der Waals surface area contributed by atoms with Gasteiger partial charge in [0.2, 0.25) is 12.2 Å². The second-order valence-electron chi connectivity index (χ2n) is 10.2. The molecule has 3 N–H and O–H groups in total. The Morgan fingerprint density at radius 2 is 1.84 bits per heavy atom. The SMILES string of the molecule is CC(=O)O[C@@H](C(=O)O)[C@@H](OC(C)=O)C(=O)OC1=CC[C@@]2(O)[C@H]3Cc4ccc(CO)c5c4[C@@]2(CCN3C)[C@H]1O5. The Kier molecular flexibility index (Phi) is 6.24. The number of hydrogen-bond donors (Lipinski definition) is 3. The number of piperidine rings is 1. The predicted octanol–water partition coefficient (Wildman–Crippen LogP) is -0.0522. The van der Waals surface area contributed by atoms with E-state index in [1.807, 2.05) is 13.1 Å². The molecule has 1 fully saturated rings. The zero-order chi connectivity index (χ0) is 27.6. The number of carbonyl (C=O) groups is 4. The van der Waals surface area contributed by atoms with Crippen LogP contribution in [0, 0.1) is 0 Å². The first-order chi connectivity index (χ1) is 17.9. The smallest absolute Gasteiger partial charge is 0.357 e. The lowest BCUT2D eigenvalue weighted by Crippen LogP contribution is -2.74. The quantitative estimate of drug-likeness (QED) is 0.317. The van der Waals surface area contributed by atoms with Crippen molar-refractivity contribution in [2.75, 3.05) is 13.6 Å². The number of esters is 3. The number of aliphatic hydroxyl groups is 2. The summed E-state index contributed by atoms with van der Waals surface area (Å²) >= 11 is 0. The van der Waals surface area contributed by atoms with Gasteiger partial charge in [0.05, 0.1) is 17.6 Å². The number of nitrogens with zero attached hydrogens (tertiary/aromatic N) is 1. The average Bonchev–Trinajstić information content (AvgIpc) is 3.20. The number of ether oxygens (including phenoxy) is 4. The monoisotopic (exact) mass is 531 g/mol. The molecule has 204 valence electrons. The molecule has 0 aromatic heterocycles. The van der Waals surface area contributed by atoms with Gasteiger partial charge in [0.15, 0.2) is 6.10 Å². The second kappa shape index (κ2) is 9.07. The van der Waals surface area contributed by atoms with Gasteiger partial charge in [0.1, 0.15) is 11.5 Å². The summed E-state index contributed by atoms with van der Waals surface area (Å²) in [6.07, 6.45) is -2.54. The number of benzene rings is 1. The van der Waals surface area contributed by atoms with Gasteiger partial charge >= 0.3 is 23.9 Å². The zero-order valence-corrected chi connectivity index (χ0v) is 21.1. The topological polar surface area (TPSA) is 169 Å². The van der Waals surface area contributed by atoms with E-state index in [1.54, 1.807) is 6.07 Å². The van der Waals surface area contributed by atoms with E-state index in [0.717, 1.165) is 25.0 Å². The number of carboxylic acid groups (broad SMARTS) is 1. The standard InChI is InChI=1S/C26H29NO11/c1-12(29)35-20(23(31)32)21(36-13(2)30)24(33)37-16-6-7-26(34)17-10-14-4-5-15(11-28)19-18(14)25(26,22(16)38-19)8-9-27(17)3/h4-6,17,20-22,28,34H,7-11H2,1-3H3,(H,31,32)/t17-,20-,21-,22+,25+,26-/m1/s1. The number of likely N-dealkylation sites (tertiary alicyclic amines) is 1. The highest BCUT2D eigenvalue weighted by Gasteiger charge is 2.72. The number of hydrogen-bond acceptors (Lipinski definition) is 11. The molecular formula is C26H29NO11. The average molecular weight is 532 g/mol. The summed E-state index contributed by atoms with van der Waals surface area (Å²) in [5, 5.41) is 31.8. The van der Waals surface area contributed by atoms with Gasteiger partial charge in [-0.1, -0.05) is 12.1 Å². The maximum atomic E-state index is 13.3. The Hall–Kier alpha value is -3.48. The van der Waals surface area contributed by atoms with Crippen LogP contribution >= 0.6 is 0 Å². The van der Waals surface area contributed by atoms with Gasteiger partial charge in [0, 0.05) is 37.4 Å². The lowest BCUT2D eigenvalue weighted by Gasteiger charge is -2.61. The molecule has 4 aliphatic rings. The molecule has 0 saturated carbocycles. The molecule has 1 aromatic carbocycles. The van der Waals surface area contributed by atoms with Crippen molar-refractivity contribution in [3.63, 3.8) is 0 Å². The molecule has 1 saturated heterocycles. The van der Waals surface area contributed by atoms with Gasteiger partial charge in [0.25, 0.3) is 0 Å². The number of likely N-dealkylation sites (N-methyl/N-ethyl adjacent to an activating group) is 1.